The summed E-state index contributed by atoms with van der Waals surface area (Å²) in [6.45, 7) is 0.923. The minimum Gasteiger partial charge on any atom is -0.507 e. The largest absolute Gasteiger partial charge is 0.507 e. The van der Waals surface area contributed by atoms with Crippen LogP contribution in [-0.2, 0) is 6.54 Å². The maximum absolute atomic E-state index is 9.56. The van der Waals surface area contributed by atoms with Crippen molar-refractivity contribution in [3.8, 4) is 5.75 Å². The molecule has 0 atom stereocenters. The van der Waals surface area contributed by atoms with E-state index in [1.807, 2.05) is 12.1 Å². The van der Waals surface area contributed by atoms with Gasteiger partial charge in [0.2, 0.25) is 0 Å². The van der Waals surface area contributed by atoms with Crippen molar-refractivity contribution in [2.24, 2.45) is 23.7 Å². The summed E-state index contributed by atoms with van der Waals surface area (Å²) < 4.78 is 0.793. The Kier molecular flexibility index (Phi) is 3.30. The Morgan fingerprint density at radius 1 is 1.05 bits per heavy atom. The lowest BCUT2D eigenvalue weighted by Gasteiger charge is -2.54. The van der Waals surface area contributed by atoms with Gasteiger partial charge in [-0.3, -0.25) is 0 Å². The van der Waals surface area contributed by atoms with E-state index >= 15 is 0 Å². The molecule has 3 heteroatoms. The summed E-state index contributed by atoms with van der Waals surface area (Å²) in [5.41, 5.74) is 1.25. The maximum atomic E-state index is 9.56. The summed E-state index contributed by atoms with van der Waals surface area (Å²) in [6.07, 6.45) is 7.37. The van der Waals surface area contributed by atoms with E-state index in [-0.39, 0.29) is 0 Å². The summed E-state index contributed by atoms with van der Waals surface area (Å²) in [6, 6.07) is 6.55. The standard InChI is InChI=1S/C17H22BrNO/c18-15-8-10(1-2-16(15)20)9-19-17-13-4-11-3-12(6-13)7-14(17)5-11/h1-2,8,11-14,17,19-20H,3-7,9H2. The van der Waals surface area contributed by atoms with Crippen molar-refractivity contribution in [3.63, 3.8) is 0 Å². The number of aromatic hydroxyl groups is 1. The zero-order chi connectivity index (χ0) is 13.7. The summed E-state index contributed by atoms with van der Waals surface area (Å²) in [4.78, 5) is 0. The fourth-order valence-electron chi connectivity index (χ4n) is 5.15. The fraction of sp³-hybridized carbons (Fsp3) is 0.647. The van der Waals surface area contributed by atoms with Gasteiger partial charge in [0.05, 0.1) is 4.47 Å². The molecular formula is C17H22BrNO. The predicted octanol–water partition coefficient (Wildman–Crippen LogP) is 4.07. The highest BCUT2D eigenvalue weighted by Crippen LogP contribution is 2.53. The van der Waals surface area contributed by atoms with Crippen molar-refractivity contribution in [3.05, 3.63) is 28.2 Å². The second-order valence-electron chi connectivity index (χ2n) is 7.12. The molecule has 2 nitrogen and oxygen atoms in total. The van der Waals surface area contributed by atoms with Crippen LogP contribution in [0.5, 0.6) is 5.75 Å². The first-order chi connectivity index (χ1) is 9.69. The molecule has 4 bridgehead atoms. The average molecular weight is 336 g/mol. The van der Waals surface area contributed by atoms with Crippen LogP contribution in [0.1, 0.15) is 37.7 Å². The Labute approximate surface area is 129 Å². The molecule has 4 fully saturated rings. The molecule has 0 spiro atoms. The molecule has 1 aromatic carbocycles. The molecule has 4 aliphatic rings. The number of halogens is 1. The average Bonchev–Trinajstić information content (AvgIpc) is 2.41. The highest BCUT2D eigenvalue weighted by atomic mass is 79.9. The van der Waals surface area contributed by atoms with Gasteiger partial charge in [-0.1, -0.05) is 6.07 Å². The number of phenolic OH excluding ortho intramolecular Hbond substituents is 1. The van der Waals surface area contributed by atoms with Crippen molar-refractivity contribution >= 4 is 15.9 Å². The van der Waals surface area contributed by atoms with Crippen LogP contribution in [0.25, 0.3) is 0 Å². The first-order valence-electron chi connectivity index (χ1n) is 7.90. The van der Waals surface area contributed by atoms with Crippen LogP contribution in [0.4, 0.5) is 0 Å². The molecule has 0 aliphatic heterocycles. The van der Waals surface area contributed by atoms with Crippen molar-refractivity contribution in [2.45, 2.75) is 44.7 Å². The molecule has 4 aliphatic carbocycles. The number of hydrogen-bond acceptors (Lipinski definition) is 2. The smallest absolute Gasteiger partial charge is 0.129 e. The molecule has 5 rings (SSSR count). The van der Waals surface area contributed by atoms with Gasteiger partial charge in [-0.2, -0.15) is 0 Å². The van der Waals surface area contributed by atoms with Gasteiger partial charge in [-0.25, -0.2) is 0 Å². The van der Waals surface area contributed by atoms with E-state index in [1.165, 1.54) is 37.7 Å². The van der Waals surface area contributed by atoms with Gasteiger partial charge in [-0.15, -0.1) is 0 Å². The molecule has 2 N–H and O–H groups in total. The summed E-state index contributed by atoms with van der Waals surface area (Å²) in [7, 11) is 0. The SMILES string of the molecule is Oc1ccc(CNC2C3CC4CC(C3)CC2C4)cc1Br. The van der Waals surface area contributed by atoms with E-state index in [0.717, 1.165) is 40.7 Å². The lowest BCUT2D eigenvalue weighted by atomic mass is 9.54. The molecule has 108 valence electrons. The first kappa shape index (κ1) is 13.1. The highest BCUT2D eigenvalue weighted by molar-refractivity contribution is 9.10. The molecule has 0 aromatic heterocycles. The van der Waals surface area contributed by atoms with Gasteiger partial charge in [-0.05, 0) is 89.4 Å². The Hall–Kier alpha value is -0.540. The molecule has 0 amide bonds. The molecule has 0 saturated heterocycles. The van der Waals surface area contributed by atoms with Gasteiger partial charge in [0.25, 0.3) is 0 Å². The summed E-state index contributed by atoms with van der Waals surface area (Å²) in [5.74, 6) is 4.25. The molecule has 0 radical (unpaired) electrons. The van der Waals surface area contributed by atoms with Crippen molar-refractivity contribution < 1.29 is 5.11 Å². The van der Waals surface area contributed by atoms with E-state index in [4.69, 9.17) is 0 Å². The van der Waals surface area contributed by atoms with Crippen LogP contribution in [0, 0.1) is 23.7 Å². The first-order valence-corrected chi connectivity index (χ1v) is 8.69. The normalized spacial score (nSPS) is 38.4. The van der Waals surface area contributed by atoms with Gasteiger partial charge in [0.1, 0.15) is 5.75 Å². The van der Waals surface area contributed by atoms with Crippen LogP contribution in [-0.4, -0.2) is 11.1 Å². The lowest BCUT2D eigenvalue weighted by molar-refractivity contribution is -0.0142. The van der Waals surface area contributed by atoms with E-state index in [1.54, 1.807) is 6.07 Å². The number of nitrogens with one attached hydrogen (secondary N) is 1. The molecule has 0 heterocycles. The summed E-state index contributed by atoms with van der Waals surface area (Å²) in [5, 5.41) is 13.4. The second-order valence-corrected chi connectivity index (χ2v) is 7.98. The van der Waals surface area contributed by atoms with Crippen LogP contribution in [0.2, 0.25) is 0 Å². The molecule has 20 heavy (non-hydrogen) atoms. The lowest BCUT2D eigenvalue weighted by Crippen LogP contribution is -2.54. The van der Waals surface area contributed by atoms with E-state index in [0.29, 0.717) is 5.75 Å². The van der Waals surface area contributed by atoms with Gasteiger partial charge < -0.3 is 10.4 Å². The maximum Gasteiger partial charge on any atom is 0.129 e. The third-order valence-corrected chi connectivity index (χ3v) is 6.42. The van der Waals surface area contributed by atoms with E-state index in [9.17, 15) is 5.11 Å². The third-order valence-electron chi connectivity index (χ3n) is 5.78. The fourth-order valence-corrected chi connectivity index (χ4v) is 5.58. The zero-order valence-corrected chi connectivity index (χ0v) is 13.3. The summed E-state index contributed by atoms with van der Waals surface area (Å²) >= 11 is 3.40. The number of hydrogen-bond donors (Lipinski definition) is 2. The minimum absolute atomic E-state index is 0.323. The Morgan fingerprint density at radius 3 is 2.30 bits per heavy atom. The Balaban J connectivity index is 1.43. The van der Waals surface area contributed by atoms with Gasteiger partial charge >= 0.3 is 0 Å². The van der Waals surface area contributed by atoms with Crippen LogP contribution >= 0.6 is 15.9 Å². The van der Waals surface area contributed by atoms with Gasteiger partial charge in [0.15, 0.2) is 0 Å². The highest BCUT2D eigenvalue weighted by Gasteiger charge is 2.47. The predicted molar refractivity (Wildman–Crippen MR) is 83.5 cm³/mol. The molecule has 4 saturated carbocycles. The van der Waals surface area contributed by atoms with Crippen LogP contribution in [0.15, 0.2) is 22.7 Å². The number of phenols is 1. The van der Waals surface area contributed by atoms with Crippen LogP contribution in [0.3, 0.4) is 0 Å². The van der Waals surface area contributed by atoms with Gasteiger partial charge in [0, 0.05) is 12.6 Å². The van der Waals surface area contributed by atoms with Crippen molar-refractivity contribution in [1.82, 2.24) is 5.32 Å². The molecule has 0 unspecified atom stereocenters. The zero-order valence-electron chi connectivity index (χ0n) is 11.7. The van der Waals surface area contributed by atoms with Crippen molar-refractivity contribution in [1.29, 1.82) is 0 Å². The monoisotopic (exact) mass is 335 g/mol. The minimum atomic E-state index is 0.323. The van der Waals surface area contributed by atoms with Crippen molar-refractivity contribution in [2.75, 3.05) is 0 Å². The molecular weight excluding hydrogens is 314 g/mol. The van der Waals surface area contributed by atoms with Crippen LogP contribution < -0.4 is 5.32 Å². The van der Waals surface area contributed by atoms with E-state index < -0.39 is 0 Å². The second kappa shape index (κ2) is 5.03. The topological polar surface area (TPSA) is 32.3 Å². The van der Waals surface area contributed by atoms with E-state index in [2.05, 4.69) is 21.2 Å². The number of rotatable bonds is 3. The number of benzene rings is 1. The quantitative estimate of drug-likeness (QED) is 0.872. The Bertz CT molecular complexity index is 488. The molecule has 1 aromatic rings. The Morgan fingerprint density at radius 2 is 1.70 bits per heavy atom. The third kappa shape index (κ3) is 2.29.